The number of hydrogen-bond donors (Lipinski definition) is 0. The molecule has 1 saturated heterocycles. The summed E-state index contributed by atoms with van der Waals surface area (Å²) >= 11 is 0. The lowest BCUT2D eigenvalue weighted by Gasteiger charge is -2.60. The van der Waals surface area contributed by atoms with Crippen molar-refractivity contribution >= 4 is 5.97 Å². The zero-order chi connectivity index (χ0) is 17.2. The normalized spacial score (nSPS) is 55.2. The van der Waals surface area contributed by atoms with Gasteiger partial charge in [0.25, 0.3) is 0 Å². The molecule has 0 aromatic heterocycles. The van der Waals surface area contributed by atoms with E-state index in [1.807, 2.05) is 0 Å². The average molecular weight is 345 g/mol. The minimum atomic E-state index is 0.0564. The molecular weight excluding hydrogens is 308 g/mol. The molecule has 0 spiro atoms. The van der Waals surface area contributed by atoms with Gasteiger partial charge in [-0.15, -0.1) is 0 Å². The van der Waals surface area contributed by atoms with Crippen molar-refractivity contribution < 1.29 is 9.53 Å². The van der Waals surface area contributed by atoms with Gasteiger partial charge in [0.1, 0.15) is 0 Å². The van der Waals surface area contributed by atoms with Gasteiger partial charge < -0.3 is 4.74 Å². The lowest BCUT2D eigenvalue weighted by Crippen LogP contribution is -2.53. The summed E-state index contributed by atoms with van der Waals surface area (Å²) in [6.07, 6.45) is 15.3. The number of ether oxygens (including phenoxy) is 1. The molecule has 8 atom stereocenters. The number of carbonyl (C=O) groups is 1. The molecule has 0 aromatic rings. The summed E-state index contributed by atoms with van der Waals surface area (Å²) in [6.45, 7) is 5.98. The Morgan fingerprint density at radius 3 is 2.44 bits per heavy atom. The molecule has 4 saturated carbocycles. The van der Waals surface area contributed by atoms with Crippen molar-refractivity contribution in [3.8, 4) is 0 Å². The van der Waals surface area contributed by atoms with E-state index in [2.05, 4.69) is 13.8 Å². The maximum absolute atomic E-state index is 11.7. The average Bonchev–Trinajstić information content (AvgIpc) is 3.16. The van der Waals surface area contributed by atoms with Gasteiger partial charge in [-0.05, 0) is 91.8 Å². The fourth-order valence-electron chi connectivity index (χ4n) is 8.90. The highest BCUT2D eigenvalue weighted by molar-refractivity contribution is 5.71. The van der Waals surface area contributed by atoms with E-state index in [4.69, 9.17) is 4.74 Å². The van der Waals surface area contributed by atoms with E-state index in [-0.39, 0.29) is 5.97 Å². The van der Waals surface area contributed by atoms with E-state index in [0.717, 1.165) is 29.6 Å². The molecule has 0 aromatic carbocycles. The van der Waals surface area contributed by atoms with Gasteiger partial charge in [0, 0.05) is 5.92 Å². The van der Waals surface area contributed by atoms with Crippen LogP contribution in [-0.2, 0) is 9.53 Å². The van der Waals surface area contributed by atoms with Gasteiger partial charge in [-0.3, -0.25) is 4.79 Å². The van der Waals surface area contributed by atoms with Crippen LogP contribution in [0.25, 0.3) is 0 Å². The molecule has 2 nitrogen and oxygen atoms in total. The van der Waals surface area contributed by atoms with E-state index in [0.29, 0.717) is 29.8 Å². The van der Waals surface area contributed by atoms with Crippen LogP contribution in [0.15, 0.2) is 0 Å². The Morgan fingerprint density at radius 1 is 0.840 bits per heavy atom. The molecular formula is C23H36O2. The van der Waals surface area contributed by atoms with Crippen LogP contribution >= 0.6 is 0 Å². The second kappa shape index (κ2) is 5.73. The number of rotatable bonds is 1. The van der Waals surface area contributed by atoms with Gasteiger partial charge in [-0.2, -0.15) is 0 Å². The SMILES string of the molecule is C[C@]12CC[C@H]3[C@@H](CCC4CCCC[C@@]43C)[C@H]1CC[C@@H]2[C@@H]1COC(=O)C1. The second-order valence-corrected chi connectivity index (χ2v) is 10.8. The monoisotopic (exact) mass is 344 g/mol. The quantitative estimate of drug-likeness (QED) is 0.579. The number of carbonyl (C=O) groups excluding carboxylic acids is 1. The first kappa shape index (κ1) is 16.6. The minimum Gasteiger partial charge on any atom is -0.465 e. The third-order valence-electron chi connectivity index (χ3n) is 10.1. The zero-order valence-electron chi connectivity index (χ0n) is 16.3. The Kier molecular flexibility index (Phi) is 3.81. The van der Waals surface area contributed by atoms with Crippen LogP contribution in [-0.4, -0.2) is 12.6 Å². The summed E-state index contributed by atoms with van der Waals surface area (Å²) in [5.74, 6) is 5.21. The van der Waals surface area contributed by atoms with E-state index in [9.17, 15) is 4.79 Å². The van der Waals surface area contributed by atoms with E-state index in [1.54, 1.807) is 0 Å². The minimum absolute atomic E-state index is 0.0564. The van der Waals surface area contributed by atoms with Crippen LogP contribution in [0.2, 0.25) is 0 Å². The van der Waals surface area contributed by atoms with Crippen molar-refractivity contribution in [3.05, 3.63) is 0 Å². The molecule has 140 valence electrons. The van der Waals surface area contributed by atoms with E-state index >= 15 is 0 Å². The summed E-state index contributed by atoms with van der Waals surface area (Å²) in [7, 11) is 0. The molecule has 5 aliphatic rings. The molecule has 0 radical (unpaired) electrons. The molecule has 0 amide bonds. The number of hydrogen-bond acceptors (Lipinski definition) is 2. The first-order chi connectivity index (χ1) is 12.0. The summed E-state index contributed by atoms with van der Waals surface area (Å²) in [5.41, 5.74) is 1.13. The van der Waals surface area contributed by atoms with Gasteiger partial charge >= 0.3 is 5.97 Å². The van der Waals surface area contributed by atoms with E-state index < -0.39 is 0 Å². The summed E-state index contributed by atoms with van der Waals surface area (Å²) in [6, 6.07) is 0. The van der Waals surface area contributed by atoms with Gasteiger partial charge in [-0.1, -0.05) is 26.7 Å². The van der Waals surface area contributed by atoms with Crippen LogP contribution in [0.3, 0.4) is 0 Å². The molecule has 4 aliphatic carbocycles. The van der Waals surface area contributed by atoms with Gasteiger partial charge in [0.15, 0.2) is 0 Å². The van der Waals surface area contributed by atoms with Gasteiger partial charge in [0.2, 0.25) is 0 Å². The molecule has 0 N–H and O–H groups in total. The Bertz CT molecular complexity index is 556. The Labute approximate surface area is 153 Å². The highest BCUT2D eigenvalue weighted by Crippen LogP contribution is 2.68. The highest BCUT2D eigenvalue weighted by Gasteiger charge is 2.60. The smallest absolute Gasteiger partial charge is 0.306 e. The van der Waals surface area contributed by atoms with Crippen LogP contribution in [0.1, 0.15) is 84.5 Å². The summed E-state index contributed by atoms with van der Waals surface area (Å²) < 4.78 is 5.36. The molecule has 5 fully saturated rings. The third-order valence-corrected chi connectivity index (χ3v) is 10.1. The van der Waals surface area contributed by atoms with Gasteiger partial charge in [0.05, 0.1) is 13.0 Å². The first-order valence-electron chi connectivity index (χ1n) is 11.2. The zero-order valence-corrected chi connectivity index (χ0v) is 16.3. The Morgan fingerprint density at radius 2 is 1.64 bits per heavy atom. The third kappa shape index (κ3) is 2.31. The first-order valence-corrected chi connectivity index (χ1v) is 11.2. The number of esters is 1. The van der Waals surface area contributed by atoms with Crippen molar-refractivity contribution in [2.24, 2.45) is 46.3 Å². The lowest BCUT2D eigenvalue weighted by molar-refractivity contribution is -0.137. The molecule has 2 heteroatoms. The molecule has 0 bridgehead atoms. The Balaban J connectivity index is 1.40. The molecule has 1 unspecified atom stereocenters. The van der Waals surface area contributed by atoms with Gasteiger partial charge in [-0.25, -0.2) is 0 Å². The maximum Gasteiger partial charge on any atom is 0.306 e. The fraction of sp³-hybridized carbons (Fsp3) is 0.957. The number of cyclic esters (lactones) is 1. The van der Waals surface area contributed by atoms with Crippen molar-refractivity contribution in [2.75, 3.05) is 6.61 Å². The summed E-state index contributed by atoms with van der Waals surface area (Å²) in [5, 5.41) is 0. The standard InChI is InChI=1S/C23H36O2/c1-22-11-4-3-5-16(22)6-7-17-19-9-8-18(15-13-21(24)25-14-15)23(19,2)12-10-20(17)22/h15-20H,3-14H2,1-2H3/t15-,16?,17-,18+,19+,20-,22-,23+/m0/s1. The van der Waals surface area contributed by atoms with Crippen molar-refractivity contribution in [3.63, 3.8) is 0 Å². The largest absolute Gasteiger partial charge is 0.465 e. The van der Waals surface area contributed by atoms with Crippen LogP contribution < -0.4 is 0 Å². The summed E-state index contributed by atoms with van der Waals surface area (Å²) in [4.78, 5) is 11.7. The highest BCUT2D eigenvalue weighted by atomic mass is 16.5. The van der Waals surface area contributed by atoms with Crippen molar-refractivity contribution in [1.82, 2.24) is 0 Å². The van der Waals surface area contributed by atoms with Crippen molar-refractivity contribution in [1.29, 1.82) is 0 Å². The molecule has 1 aliphatic heterocycles. The number of fused-ring (bicyclic) bond motifs is 5. The topological polar surface area (TPSA) is 26.3 Å². The maximum atomic E-state index is 11.7. The van der Waals surface area contributed by atoms with E-state index in [1.165, 1.54) is 64.2 Å². The van der Waals surface area contributed by atoms with Crippen LogP contribution in [0.5, 0.6) is 0 Å². The molecule has 5 rings (SSSR count). The van der Waals surface area contributed by atoms with Crippen LogP contribution in [0.4, 0.5) is 0 Å². The molecule has 25 heavy (non-hydrogen) atoms. The van der Waals surface area contributed by atoms with Crippen LogP contribution in [0, 0.1) is 46.3 Å². The Hall–Kier alpha value is -0.530. The second-order valence-electron chi connectivity index (χ2n) is 10.8. The fourth-order valence-corrected chi connectivity index (χ4v) is 8.90. The molecule has 1 heterocycles. The van der Waals surface area contributed by atoms with Crippen molar-refractivity contribution in [2.45, 2.75) is 84.5 Å². The predicted octanol–water partition coefficient (Wildman–Crippen LogP) is 5.60. The lowest BCUT2D eigenvalue weighted by atomic mass is 9.44. The predicted molar refractivity (Wildman–Crippen MR) is 98.9 cm³/mol.